The highest BCUT2D eigenvalue weighted by Crippen LogP contribution is 2.26. The molecule has 0 spiro atoms. The normalized spacial score (nSPS) is 11.2. The van der Waals surface area contributed by atoms with E-state index < -0.39 is 18.3 Å². The third kappa shape index (κ3) is 2.59. The zero-order chi connectivity index (χ0) is 13.9. The molecule has 0 atom stereocenters. The predicted molar refractivity (Wildman–Crippen MR) is 55.5 cm³/mol. The lowest BCUT2D eigenvalue weighted by Crippen LogP contribution is -2.41. The van der Waals surface area contributed by atoms with E-state index in [0.29, 0.717) is 5.56 Å². The molecule has 0 aliphatic rings. The molecular weight excluding hydrogens is 252 g/mol. The van der Waals surface area contributed by atoms with Crippen LogP contribution in [-0.2, 0) is 4.79 Å². The van der Waals surface area contributed by atoms with Crippen LogP contribution in [0.4, 0.5) is 23.2 Å². The molecule has 0 unspecified atom stereocenters. The van der Waals surface area contributed by atoms with Crippen molar-refractivity contribution in [2.24, 2.45) is 0 Å². The summed E-state index contributed by atoms with van der Waals surface area (Å²) < 4.78 is 49.3. The van der Waals surface area contributed by atoms with Crippen LogP contribution in [0.1, 0.15) is 11.1 Å². The summed E-state index contributed by atoms with van der Waals surface area (Å²) in [6, 6.07) is 5.82. The number of anilines is 1. The number of rotatable bonds is 3. The molecule has 0 aromatic heterocycles. The molecule has 0 saturated heterocycles. The van der Waals surface area contributed by atoms with Crippen molar-refractivity contribution in [2.75, 3.05) is 5.32 Å². The SMILES string of the molecule is Cc1cccc(NC(=O)C(F)(F)C(F)F)c1C#N. The number of aryl methyl sites for hydroxylation is 1. The first-order valence-electron chi connectivity index (χ1n) is 4.77. The van der Waals surface area contributed by atoms with Gasteiger partial charge >= 0.3 is 18.3 Å². The molecular formula is C11H8F4N2O. The van der Waals surface area contributed by atoms with Crippen LogP contribution in [0.5, 0.6) is 0 Å². The van der Waals surface area contributed by atoms with Crippen LogP contribution in [0, 0.1) is 18.3 Å². The fraction of sp³-hybridized carbons (Fsp3) is 0.273. The minimum absolute atomic E-state index is 0.0454. The van der Waals surface area contributed by atoms with E-state index in [-0.39, 0.29) is 11.3 Å². The Hall–Kier alpha value is -2.10. The molecule has 1 aromatic rings. The molecule has 0 saturated carbocycles. The maximum absolute atomic E-state index is 12.7. The lowest BCUT2D eigenvalue weighted by atomic mass is 10.1. The molecule has 1 rings (SSSR count). The van der Waals surface area contributed by atoms with Crippen LogP contribution in [0.25, 0.3) is 0 Å². The molecule has 7 heteroatoms. The Balaban J connectivity index is 3.04. The smallest absolute Gasteiger partial charge is 0.319 e. The van der Waals surface area contributed by atoms with Gasteiger partial charge in [-0.25, -0.2) is 8.78 Å². The first-order chi connectivity index (χ1) is 8.30. The van der Waals surface area contributed by atoms with Crippen LogP contribution in [-0.4, -0.2) is 18.3 Å². The third-order valence-electron chi connectivity index (χ3n) is 2.21. The molecule has 0 aliphatic heterocycles. The summed E-state index contributed by atoms with van der Waals surface area (Å²) in [5, 5.41) is 10.4. The first kappa shape index (κ1) is 14.0. The molecule has 0 radical (unpaired) electrons. The van der Waals surface area contributed by atoms with Crippen LogP contribution in [0.2, 0.25) is 0 Å². The van der Waals surface area contributed by atoms with E-state index in [0.717, 1.165) is 0 Å². The largest absolute Gasteiger partial charge is 0.383 e. The maximum Gasteiger partial charge on any atom is 0.383 e. The summed E-state index contributed by atoms with van der Waals surface area (Å²) in [5.41, 5.74) is 0.175. The number of carbonyl (C=O) groups excluding carboxylic acids is 1. The standard InChI is InChI=1S/C11H8F4N2O/c1-6-3-2-4-8(7(6)5-16)17-10(18)11(14,15)9(12)13/h2-4,9H,1H3,(H,17,18). The fourth-order valence-electron chi connectivity index (χ4n) is 1.23. The molecule has 1 amide bonds. The highest BCUT2D eigenvalue weighted by atomic mass is 19.3. The van der Waals surface area contributed by atoms with E-state index in [1.165, 1.54) is 25.1 Å². The van der Waals surface area contributed by atoms with Crippen LogP contribution >= 0.6 is 0 Å². The summed E-state index contributed by atoms with van der Waals surface area (Å²) in [5.74, 6) is -6.93. The van der Waals surface area contributed by atoms with Crippen LogP contribution < -0.4 is 5.32 Å². The van der Waals surface area contributed by atoms with E-state index in [1.54, 1.807) is 11.4 Å². The Morgan fingerprint density at radius 3 is 2.56 bits per heavy atom. The fourth-order valence-corrected chi connectivity index (χ4v) is 1.23. The molecule has 3 nitrogen and oxygen atoms in total. The molecule has 0 bridgehead atoms. The topological polar surface area (TPSA) is 52.9 Å². The average molecular weight is 260 g/mol. The van der Waals surface area contributed by atoms with E-state index >= 15 is 0 Å². The van der Waals surface area contributed by atoms with Gasteiger partial charge in [0.2, 0.25) is 0 Å². The minimum Gasteiger partial charge on any atom is -0.319 e. The minimum atomic E-state index is -4.80. The van der Waals surface area contributed by atoms with Gasteiger partial charge < -0.3 is 5.32 Å². The summed E-state index contributed by atoms with van der Waals surface area (Å²) >= 11 is 0. The van der Waals surface area contributed by atoms with E-state index in [1.807, 2.05) is 0 Å². The van der Waals surface area contributed by atoms with Gasteiger partial charge in [-0.05, 0) is 18.6 Å². The molecule has 96 valence electrons. The first-order valence-corrected chi connectivity index (χ1v) is 4.77. The number of amides is 1. The number of benzene rings is 1. The summed E-state index contributed by atoms with van der Waals surface area (Å²) in [6.07, 6.45) is -4.10. The van der Waals surface area contributed by atoms with Crippen molar-refractivity contribution in [2.45, 2.75) is 19.3 Å². The van der Waals surface area contributed by atoms with Gasteiger partial charge in [0.1, 0.15) is 6.07 Å². The number of carbonyl (C=O) groups is 1. The lowest BCUT2D eigenvalue weighted by molar-refractivity contribution is -0.163. The molecule has 0 fully saturated rings. The molecule has 0 aliphatic carbocycles. The lowest BCUT2D eigenvalue weighted by Gasteiger charge is -2.15. The van der Waals surface area contributed by atoms with Crippen molar-refractivity contribution in [3.63, 3.8) is 0 Å². The monoisotopic (exact) mass is 260 g/mol. The van der Waals surface area contributed by atoms with Crippen molar-refractivity contribution < 1.29 is 22.4 Å². The second-order valence-electron chi connectivity index (χ2n) is 3.49. The number of halogens is 4. The van der Waals surface area contributed by atoms with E-state index in [2.05, 4.69) is 0 Å². The van der Waals surface area contributed by atoms with Gasteiger partial charge in [-0.2, -0.15) is 14.0 Å². The quantitative estimate of drug-likeness (QED) is 0.849. The molecule has 1 aromatic carbocycles. The summed E-state index contributed by atoms with van der Waals surface area (Å²) in [7, 11) is 0. The Kier molecular flexibility index (Phi) is 3.91. The van der Waals surface area contributed by atoms with Crippen LogP contribution in [0.15, 0.2) is 18.2 Å². The Morgan fingerprint density at radius 2 is 2.06 bits per heavy atom. The Labute approximate surface area is 100 Å². The van der Waals surface area contributed by atoms with Gasteiger partial charge in [-0.15, -0.1) is 0 Å². The zero-order valence-electron chi connectivity index (χ0n) is 9.18. The van der Waals surface area contributed by atoms with Crippen molar-refractivity contribution in [3.8, 4) is 6.07 Å². The second kappa shape index (κ2) is 5.04. The Bertz CT molecular complexity index is 508. The van der Waals surface area contributed by atoms with E-state index in [4.69, 9.17) is 5.26 Å². The van der Waals surface area contributed by atoms with E-state index in [9.17, 15) is 22.4 Å². The maximum atomic E-state index is 12.7. The van der Waals surface area contributed by atoms with Gasteiger partial charge in [-0.1, -0.05) is 12.1 Å². The number of hydrogen-bond donors (Lipinski definition) is 1. The highest BCUT2D eigenvalue weighted by molar-refractivity contribution is 5.97. The van der Waals surface area contributed by atoms with Gasteiger partial charge in [0.25, 0.3) is 0 Å². The van der Waals surface area contributed by atoms with Crippen LogP contribution in [0.3, 0.4) is 0 Å². The number of hydrogen-bond acceptors (Lipinski definition) is 2. The highest BCUT2D eigenvalue weighted by Gasteiger charge is 2.49. The third-order valence-corrected chi connectivity index (χ3v) is 2.21. The summed E-state index contributed by atoms with van der Waals surface area (Å²) in [6.45, 7) is 1.53. The second-order valence-corrected chi connectivity index (χ2v) is 3.49. The molecule has 18 heavy (non-hydrogen) atoms. The number of nitrogens with zero attached hydrogens (tertiary/aromatic N) is 1. The zero-order valence-corrected chi connectivity index (χ0v) is 9.18. The van der Waals surface area contributed by atoms with Crippen molar-refractivity contribution in [1.82, 2.24) is 0 Å². The molecule has 1 N–H and O–H groups in total. The van der Waals surface area contributed by atoms with Crippen molar-refractivity contribution in [1.29, 1.82) is 5.26 Å². The van der Waals surface area contributed by atoms with Crippen molar-refractivity contribution >= 4 is 11.6 Å². The number of nitriles is 1. The van der Waals surface area contributed by atoms with Gasteiger partial charge in [0, 0.05) is 0 Å². The number of nitrogens with one attached hydrogen (secondary N) is 1. The van der Waals surface area contributed by atoms with Gasteiger partial charge in [0.15, 0.2) is 0 Å². The van der Waals surface area contributed by atoms with Gasteiger partial charge in [0.05, 0.1) is 11.3 Å². The summed E-state index contributed by atoms with van der Waals surface area (Å²) in [4.78, 5) is 11.0. The van der Waals surface area contributed by atoms with Gasteiger partial charge in [-0.3, -0.25) is 4.79 Å². The predicted octanol–water partition coefficient (Wildman–Crippen LogP) is 2.71. The number of alkyl halides is 4. The average Bonchev–Trinajstić information content (AvgIpc) is 2.29. The molecule has 0 heterocycles. The van der Waals surface area contributed by atoms with Crippen molar-refractivity contribution in [3.05, 3.63) is 29.3 Å². The Morgan fingerprint density at radius 1 is 1.44 bits per heavy atom.